The zero-order valence-electron chi connectivity index (χ0n) is 12.8. The van der Waals surface area contributed by atoms with Gasteiger partial charge in [-0.15, -0.1) is 11.8 Å². The van der Waals surface area contributed by atoms with Crippen LogP contribution >= 0.6 is 11.8 Å². The van der Waals surface area contributed by atoms with Gasteiger partial charge in [-0.3, -0.25) is 4.79 Å². The Morgan fingerprint density at radius 3 is 2.65 bits per heavy atom. The van der Waals surface area contributed by atoms with Crippen molar-refractivity contribution in [2.24, 2.45) is 0 Å². The second-order valence-corrected chi connectivity index (χ2v) is 6.87. The number of carbonyl (C=O) groups is 1. The van der Waals surface area contributed by atoms with Crippen molar-refractivity contribution in [3.8, 4) is 0 Å². The van der Waals surface area contributed by atoms with E-state index in [9.17, 15) is 4.79 Å². The van der Waals surface area contributed by atoms with Crippen LogP contribution < -0.4 is 0 Å². The first-order valence-electron chi connectivity index (χ1n) is 7.53. The standard InChI is InChI=1S/C17H25NOS/c1-13-9-10-14(2)16(11-13)20-12-17(19)18(3)15-7-5-4-6-8-15/h9-11,15H,4-8,12H2,1-3H3. The van der Waals surface area contributed by atoms with Gasteiger partial charge in [0.15, 0.2) is 0 Å². The average molecular weight is 291 g/mol. The number of nitrogens with zero attached hydrogens (tertiary/aromatic N) is 1. The van der Waals surface area contributed by atoms with Crippen molar-refractivity contribution in [2.75, 3.05) is 12.8 Å². The molecule has 0 bridgehead atoms. The van der Waals surface area contributed by atoms with Gasteiger partial charge in [0.25, 0.3) is 0 Å². The van der Waals surface area contributed by atoms with Gasteiger partial charge in [-0.1, -0.05) is 37.0 Å². The Labute approximate surface area is 126 Å². The van der Waals surface area contributed by atoms with Gasteiger partial charge in [-0.2, -0.15) is 0 Å². The molecule has 0 unspecified atom stereocenters. The number of hydrogen-bond acceptors (Lipinski definition) is 2. The first-order chi connectivity index (χ1) is 9.58. The summed E-state index contributed by atoms with van der Waals surface area (Å²) in [6.07, 6.45) is 6.22. The summed E-state index contributed by atoms with van der Waals surface area (Å²) in [6, 6.07) is 6.89. The van der Waals surface area contributed by atoms with Crippen LogP contribution in [-0.2, 0) is 4.79 Å². The summed E-state index contributed by atoms with van der Waals surface area (Å²) in [6.45, 7) is 4.20. The van der Waals surface area contributed by atoms with Crippen LogP contribution in [0, 0.1) is 13.8 Å². The predicted octanol–water partition coefficient (Wildman–Crippen LogP) is 4.19. The van der Waals surface area contributed by atoms with Gasteiger partial charge >= 0.3 is 0 Å². The van der Waals surface area contributed by atoms with Crippen molar-refractivity contribution in [1.29, 1.82) is 0 Å². The Kier molecular flexibility index (Phi) is 5.53. The molecule has 1 fully saturated rings. The highest BCUT2D eigenvalue weighted by atomic mass is 32.2. The summed E-state index contributed by atoms with van der Waals surface area (Å²) >= 11 is 1.67. The third-order valence-corrected chi connectivity index (χ3v) is 5.35. The van der Waals surface area contributed by atoms with Crippen molar-refractivity contribution >= 4 is 17.7 Å². The lowest BCUT2D eigenvalue weighted by molar-refractivity contribution is -0.129. The van der Waals surface area contributed by atoms with E-state index in [-0.39, 0.29) is 5.91 Å². The highest BCUT2D eigenvalue weighted by molar-refractivity contribution is 8.00. The molecule has 110 valence electrons. The van der Waals surface area contributed by atoms with E-state index in [4.69, 9.17) is 0 Å². The van der Waals surface area contributed by atoms with Crippen molar-refractivity contribution in [1.82, 2.24) is 4.90 Å². The minimum Gasteiger partial charge on any atom is -0.342 e. The molecule has 0 atom stereocenters. The molecule has 0 aliphatic heterocycles. The molecule has 2 rings (SSSR count). The van der Waals surface area contributed by atoms with Gasteiger partial charge in [0.2, 0.25) is 5.91 Å². The van der Waals surface area contributed by atoms with E-state index in [1.807, 2.05) is 11.9 Å². The molecular weight excluding hydrogens is 266 g/mol. The number of carbonyl (C=O) groups excluding carboxylic acids is 1. The van der Waals surface area contributed by atoms with Gasteiger partial charge < -0.3 is 4.90 Å². The number of aryl methyl sites for hydroxylation is 2. The number of hydrogen-bond donors (Lipinski definition) is 0. The topological polar surface area (TPSA) is 20.3 Å². The maximum Gasteiger partial charge on any atom is 0.232 e. The minimum absolute atomic E-state index is 0.266. The van der Waals surface area contributed by atoms with Gasteiger partial charge in [-0.25, -0.2) is 0 Å². The molecule has 1 aromatic carbocycles. The number of benzene rings is 1. The fraction of sp³-hybridized carbons (Fsp3) is 0.588. The summed E-state index contributed by atoms with van der Waals surface area (Å²) in [7, 11) is 1.97. The van der Waals surface area contributed by atoms with Crippen LogP contribution in [0.1, 0.15) is 43.2 Å². The van der Waals surface area contributed by atoms with E-state index in [2.05, 4.69) is 32.0 Å². The maximum absolute atomic E-state index is 12.3. The van der Waals surface area contributed by atoms with Crippen LogP contribution in [-0.4, -0.2) is 29.6 Å². The van der Waals surface area contributed by atoms with Gasteiger partial charge in [-0.05, 0) is 38.3 Å². The smallest absolute Gasteiger partial charge is 0.232 e. The second kappa shape index (κ2) is 7.16. The number of thioether (sulfide) groups is 1. The maximum atomic E-state index is 12.3. The molecule has 0 heterocycles. The largest absolute Gasteiger partial charge is 0.342 e. The lowest BCUT2D eigenvalue weighted by Crippen LogP contribution is -2.39. The van der Waals surface area contributed by atoms with Crippen molar-refractivity contribution in [3.05, 3.63) is 29.3 Å². The van der Waals surface area contributed by atoms with Gasteiger partial charge in [0, 0.05) is 18.0 Å². The van der Waals surface area contributed by atoms with Gasteiger partial charge in [0.05, 0.1) is 5.75 Å². The Hall–Kier alpha value is -0.960. The third-order valence-electron chi connectivity index (χ3n) is 4.21. The summed E-state index contributed by atoms with van der Waals surface area (Å²) in [5.74, 6) is 0.819. The molecule has 2 nitrogen and oxygen atoms in total. The van der Waals surface area contributed by atoms with Crippen LogP contribution in [0.25, 0.3) is 0 Å². The minimum atomic E-state index is 0.266. The molecular formula is C17H25NOS. The molecule has 0 spiro atoms. The molecule has 1 amide bonds. The zero-order chi connectivity index (χ0) is 14.5. The highest BCUT2D eigenvalue weighted by Gasteiger charge is 2.21. The van der Waals surface area contributed by atoms with Gasteiger partial charge in [0.1, 0.15) is 0 Å². The van der Waals surface area contributed by atoms with Crippen molar-refractivity contribution < 1.29 is 4.79 Å². The predicted molar refractivity (Wildman–Crippen MR) is 86.3 cm³/mol. The molecule has 20 heavy (non-hydrogen) atoms. The first-order valence-corrected chi connectivity index (χ1v) is 8.52. The first kappa shape index (κ1) is 15.4. The van der Waals surface area contributed by atoms with Crippen LogP contribution in [0.4, 0.5) is 0 Å². The van der Waals surface area contributed by atoms with Crippen LogP contribution in [0.15, 0.2) is 23.1 Å². The van der Waals surface area contributed by atoms with E-state index in [1.165, 1.54) is 48.1 Å². The molecule has 1 aliphatic rings. The zero-order valence-corrected chi connectivity index (χ0v) is 13.6. The lowest BCUT2D eigenvalue weighted by atomic mass is 9.94. The SMILES string of the molecule is Cc1ccc(C)c(SCC(=O)N(C)C2CCCCC2)c1. The van der Waals surface area contributed by atoms with E-state index in [1.54, 1.807) is 11.8 Å². The van der Waals surface area contributed by atoms with Crippen molar-refractivity contribution in [3.63, 3.8) is 0 Å². The highest BCUT2D eigenvalue weighted by Crippen LogP contribution is 2.26. The molecule has 0 aromatic heterocycles. The average Bonchev–Trinajstić information content (AvgIpc) is 2.48. The van der Waals surface area contributed by atoms with E-state index in [0.29, 0.717) is 11.8 Å². The normalized spacial score (nSPS) is 16.1. The molecule has 0 N–H and O–H groups in total. The van der Waals surface area contributed by atoms with E-state index in [0.717, 1.165) is 0 Å². The van der Waals surface area contributed by atoms with Crippen LogP contribution in [0.2, 0.25) is 0 Å². The third kappa shape index (κ3) is 4.02. The summed E-state index contributed by atoms with van der Waals surface area (Å²) in [4.78, 5) is 15.5. The second-order valence-electron chi connectivity index (χ2n) is 5.85. The fourth-order valence-corrected chi connectivity index (χ4v) is 3.82. The number of rotatable bonds is 4. The van der Waals surface area contributed by atoms with Crippen LogP contribution in [0.5, 0.6) is 0 Å². The Balaban J connectivity index is 1.89. The summed E-state index contributed by atoms with van der Waals surface area (Å²) in [5.41, 5.74) is 2.51. The van der Waals surface area contributed by atoms with E-state index >= 15 is 0 Å². The molecule has 1 aliphatic carbocycles. The van der Waals surface area contributed by atoms with Crippen molar-refractivity contribution in [2.45, 2.75) is 56.9 Å². The monoisotopic (exact) mass is 291 g/mol. The summed E-state index contributed by atoms with van der Waals surface area (Å²) < 4.78 is 0. The fourth-order valence-electron chi connectivity index (χ4n) is 2.78. The Morgan fingerprint density at radius 1 is 1.25 bits per heavy atom. The Morgan fingerprint density at radius 2 is 1.95 bits per heavy atom. The molecule has 1 aromatic rings. The number of amides is 1. The molecule has 3 heteroatoms. The lowest BCUT2D eigenvalue weighted by Gasteiger charge is -2.31. The molecule has 0 radical (unpaired) electrons. The quantitative estimate of drug-likeness (QED) is 0.775. The van der Waals surface area contributed by atoms with Crippen LogP contribution in [0.3, 0.4) is 0 Å². The van der Waals surface area contributed by atoms with E-state index < -0.39 is 0 Å². The molecule has 1 saturated carbocycles. The Bertz CT molecular complexity index is 466. The molecule has 0 saturated heterocycles. The summed E-state index contributed by atoms with van der Waals surface area (Å²) in [5, 5.41) is 0.